The monoisotopic (exact) mass is 345 g/mol. The molecule has 2 aromatic rings. The van der Waals surface area contributed by atoms with Crippen LogP contribution in [0.3, 0.4) is 0 Å². The molecular weight excluding hydrogens is 326 g/mol. The van der Waals surface area contributed by atoms with Crippen LogP contribution in [0, 0.1) is 28.6 Å². The molecule has 2 atom stereocenters. The normalized spacial score (nSPS) is 19.5. The fourth-order valence-corrected chi connectivity index (χ4v) is 3.52. The number of methoxy groups -OCH3 is 1. The number of nitriles is 2. The molecule has 0 aromatic heterocycles. The van der Waals surface area contributed by atoms with Crippen molar-refractivity contribution in [2.45, 2.75) is 12.5 Å². The van der Waals surface area contributed by atoms with E-state index in [1.165, 1.54) is 7.11 Å². The molecule has 5 nitrogen and oxygen atoms in total. The second-order valence-corrected chi connectivity index (χ2v) is 6.48. The molecule has 26 heavy (non-hydrogen) atoms. The molecule has 2 aromatic carbocycles. The van der Waals surface area contributed by atoms with E-state index in [1.807, 2.05) is 30.3 Å². The first-order valence-electron chi connectivity index (χ1n) is 8.44. The van der Waals surface area contributed by atoms with Crippen molar-refractivity contribution in [3.05, 3.63) is 70.8 Å². The molecule has 1 fully saturated rings. The van der Waals surface area contributed by atoms with Crippen LogP contribution in [-0.4, -0.2) is 31.1 Å². The molecule has 2 unspecified atom stereocenters. The molecule has 0 amide bonds. The van der Waals surface area contributed by atoms with Crippen LogP contribution in [0.5, 0.6) is 0 Å². The maximum atomic E-state index is 12.3. The number of likely N-dealkylation sites (tertiary alicyclic amines) is 1. The van der Waals surface area contributed by atoms with Gasteiger partial charge in [0.2, 0.25) is 0 Å². The van der Waals surface area contributed by atoms with E-state index < -0.39 is 0 Å². The van der Waals surface area contributed by atoms with Crippen molar-refractivity contribution >= 4 is 5.97 Å². The number of nitrogens with zero attached hydrogens (tertiary/aromatic N) is 3. The van der Waals surface area contributed by atoms with Crippen molar-refractivity contribution in [3.63, 3.8) is 0 Å². The smallest absolute Gasteiger partial charge is 0.310 e. The van der Waals surface area contributed by atoms with Crippen LogP contribution < -0.4 is 0 Å². The predicted molar refractivity (Wildman–Crippen MR) is 95.8 cm³/mol. The second-order valence-electron chi connectivity index (χ2n) is 6.48. The van der Waals surface area contributed by atoms with E-state index in [0.717, 1.165) is 11.1 Å². The lowest BCUT2D eigenvalue weighted by atomic mass is 9.88. The fourth-order valence-electron chi connectivity index (χ4n) is 3.52. The lowest BCUT2D eigenvalue weighted by Crippen LogP contribution is -2.24. The third-order valence-electron chi connectivity index (χ3n) is 4.83. The number of hydrogen-bond acceptors (Lipinski definition) is 5. The molecule has 1 aliphatic heterocycles. The molecule has 1 heterocycles. The summed E-state index contributed by atoms with van der Waals surface area (Å²) < 4.78 is 5.00. The minimum absolute atomic E-state index is 0.00543. The van der Waals surface area contributed by atoms with Crippen LogP contribution in [0.1, 0.15) is 28.2 Å². The number of hydrogen-bond donors (Lipinski definition) is 0. The van der Waals surface area contributed by atoms with Crippen molar-refractivity contribution in [2.24, 2.45) is 5.92 Å². The van der Waals surface area contributed by atoms with Crippen LogP contribution in [0.4, 0.5) is 0 Å². The van der Waals surface area contributed by atoms with E-state index in [2.05, 4.69) is 17.0 Å². The number of rotatable bonds is 4. The van der Waals surface area contributed by atoms with Gasteiger partial charge in [-0.1, -0.05) is 24.3 Å². The zero-order valence-corrected chi connectivity index (χ0v) is 14.6. The Labute approximate surface area is 153 Å². The van der Waals surface area contributed by atoms with E-state index >= 15 is 0 Å². The average molecular weight is 345 g/mol. The topological polar surface area (TPSA) is 77.1 Å². The second kappa shape index (κ2) is 7.82. The maximum absolute atomic E-state index is 12.3. The van der Waals surface area contributed by atoms with Gasteiger partial charge in [0.25, 0.3) is 0 Å². The Morgan fingerprint density at radius 1 is 1.12 bits per heavy atom. The zero-order valence-electron chi connectivity index (χ0n) is 14.6. The molecule has 0 N–H and O–H groups in total. The summed E-state index contributed by atoms with van der Waals surface area (Å²) in [5, 5.41) is 18.0. The van der Waals surface area contributed by atoms with Gasteiger partial charge in [-0.25, -0.2) is 0 Å². The van der Waals surface area contributed by atoms with Crippen LogP contribution in [0.15, 0.2) is 48.5 Å². The summed E-state index contributed by atoms with van der Waals surface area (Å²) in [5.74, 6) is -0.485. The highest BCUT2D eigenvalue weighted by Gasteiger charge is 2.39. The summed E-state index contributed by atoms with van der Waals surface area (Å²) in [5.41, 5.74) is 3.31. The minimum Gasteiger partial charge on any atom is -0.469 e. The number of esters is 1. The van der Waals surface area contributed by atoms with E-state index in [-0.39, 0.29) is 17.8 Å². The lowest BCUT2D eigenvalue weighted by molar-refractivity contribution is -0.145. The summed E-state index contributed by atoms with van der Waals surface area (Å²) in [6.45, 7) is 2.02. The van der Waals surface area contributed by atoms with Gasteiger partial charge >= 0.3 is 5.97 Å². The fraction of sp³-hybridized carbons (Fsp3) is 0.286. The lowest BCUT2D eigenvalue weighted by Gasteiger charge is -2.17. The number of ether oxygens (including phenoxy) is 1. The Morgan fingerprint density at radius 3 is 2.50 bits per heavy atom. The van der Waals surface area contributed by atoms with Gasteiger partial charge in [0.1, 0.15) is 0 Å². The Bertz CT molecular complexity index is 877. The number of benzene rings is 2. The molecule has 5 heteroatoms. The van der Waals surface area contributed by atoms with Crippen molar-refractivity contribution in [1.82, 2.24) is 4.90 Å². The molecule has 3 rings (SSSR count). The van der Waals surface area contributed by atoms with E-state index in [1.54, 1.807) is 18.2 Å². The molecule has 0 spiro atoms. The standard InChI is InChI=1S/C21H19N3O2/c1-26-21(25)20-14-24(12-16-7-5-15(10-22)6-8-16)13-19(20)18-4-2-3-17(9-18)11-23/h2-9,19-20H,12-14H2,1H3. The SMILES string of the molecule is COC(=O)C1CN(Cc2ccc(C#N)cc2)CC1c1cccc(C#N)c1. The Morgan fingerprint density at radius 2 is 1.85 bits per heavy atom. The number of carbonyl (C=O) groups is 1. The highest BCUT2D eigenvalue weighted by molar-refractivity contribution is 5.74. The molecule has 1 aliphatic rings. The Balaban J connectivity index is 1.81. The van der Waals surface area contributed by atoms with Gasteiger partial charge in [0.05, 0.1) is 36.3 Å². The van der Waals surface area contributed by atoms with E-state index in [4.69, 9.17) is 15.3 Å². The molecule has 0 bridgehead atoms. The van der Waals surface area contributed by atoms with Crippen molar-refractivity contribution in [2.75, 3.05) is 20.2 Å². The summed E-state index contributed by atoms with van der Waals surface area (Å²) >= 11 is 0. The van der Waals surface area contributed by atoms with Crippen LogP contribution in [0.2, 0.25) is 0 Å². The van der Waals surface area contributed by atoms with Gasteiger partial charge in [0.15, 0.2) is 0 Å². The van der Waals surface area contributed by atoms with E-state index in [9.17, 15) is 4.79 Å². The van der Waals surface area contributed by atoms with Crippen LogP contribution >= 0.6 is 0 Å². The molecule has 1 saturated heterocycles. The van der Waals surface area contributed by atoms with Crippen molar-refractivity contribution in [1.29, 1.82) is 10.5 Å². The van der Waals surface area contributed by atoms with E-state index in [0.29, 0.717) is 30.8 Å². The first-order valence-corrected chi connectivity index (χ1v) is 8.44. The Kier molecular flexibility index (Phi) is 5.31. The minimum atomic E-state index is -0.257. The van der Waals surface area contributed by atoms with Gasteiger partial charge in [-0.15, -0.1) is 0 Å². The molecule has 0 aliphatic carbocycles. The maximum Gasteiger partial charge on any atom is 0.310 e. The summed E-state index contributed by atoms with van der Waals surface area (Å²) in [6, 6.07) is 19.2. The highest BCUT2D eigenvalue weighted by atomic mass is 16.5. The number of carbonyl (C=O) groups excluding carboxylic acids is 1. The molecule has 130 valence electrons. The molecule has 0 radical (unpaired) electrons. The summed E-state index contributed by atoms with van der Waals surface area (Å²) in [6.07, 6.45) is 0. The first kappa shape index (κ1) is 17.7. The van der Waals surface area contributed by atoms with Crippen molar-refractivity contribution in [3.8, 4) is 12.1 Å². The summed E-state index contributed by atoms with van der Waals surface area (Å²) in [7, 11) is 1.41. The third kappa shape index (κ3) is 3.74. The largest absolute Gasteiger partial charge is 0.469 e. The van der Waals surface area contributed by atoms with Gasteiger partial charge < -0.3 is 4.74 Å². The van der Waals surface area contributed by atoms with Crippen LogP contribution in [0.25, 0.3) is 0 Å². The highest BCUT2D eigenvalue weighted by Crippen LogP contribution is 2.34. The van der Waals surface area contributed by atoms with Crippen LogP contribution in [-0.2, 0) is 16.1 Å². The average Bonchev–Trinajstić information content (AvgIpc) is 3.11. The van der Waals surface area contributed by atoms with Gasteiger partial charge in [0, 0.05) is 25.6 Å². The third-order valence-corrected chi connectivity index (χ3v) is 4.83. The predicted octanol–water partition coefficient (Wildman–Crippen LogP) is 2.82. The molecular formula is C21H19N3O2. The molecule has 0 saturated carbocycles. The van der Waals surface area contributed by atoms with Crippen molar-refractivity contribution < 1.29 is 9.53 Å². The van der Waals surface area contributed by atoms with Gasteiger partial charge in [-0.2, -0.15) is 10.5 Å². The Hall–Kier alpha value is -3.15. The first-order chi connectivity index (χ1) is 12.6. The summed E-state index contributed by atoms with van der Waals surface area (Å²) in [4.78, 5) is 14.5. The quantitative estimate of drug-likeness (QED) is 0.796. The van der Waals surface area contributed by atoms with Gasteiger partial charge in [-0.3, -0.25) is 9.69 Å². The zero-order chi connectivity index (χ0) is 18.5. The van der Waals surface area contributed by atoms with Gasteiger partial charge in [-0.05, 0) is 35.4 Å².